The molecule has 0 radical (unpaired) electrons. The van der Waals surface area contributed by atoms with Crippen molar-refractivity contribution in [1.29, 1.82) is 0 Å². The molecule has 3 N–H and O–H groups in total. The van der Waals surface area contributed by atoms with Crippen LogP contribution in [0.1, 0.15) is 37.6 Å². The zero-order chi connectivity index (χ0) is 20.7. The van der Waals surface area contributed by atoms with Gasteiger partial charge < -0.3 is 15.2 Å². The number of rotatable bonds is 9. The van der Waals surface area contributed by atoms with Crippen molar-refractivity contribution in [2.45, 2.75) is 43.7 Å². The smallest absolute Gasteiger partial charge is 0.326 e. The molecule has 1 rings (SSSR count). The van der Waals surface area contributed by atoms with E-state index in [1.54, 1.807) is 0 Å². The molecule has 27 heavy (non-hydrogen) atoms. The van der Waals surface area contributed by atoms with Gasteiger partial charge in [-0.15, -0.1) is 6.42 Å². The monoisotopic (exact) mass is 396 g/mol. The van der Waals surface area contributed by atoms with E-state index in [1.165, 1.54) is 24.3 Å². The van der Waals surface area contributed by atoms with Crippen LogP contribution in [0.4, 0.5) is 0 Å². The quantitative estimate of drug-likeness (QED) is 0.535. The van der Waals surface area contributed by atoms with Gasteiger partial charge in [0.25, 0.3) is 5.91 Å². The Hall–Kier alpha value is -2.41. The van der Waals surface area contributed by atoms with Crippen molar-refractivity contribution in [2.75, 3.05) is 13.2 Å². The summed E-state index contributed by atoms with van der Waals surface area (Å²) in [4.78, 5) is 23.5. The highest BCUT2D eigenvalue weighted by molar-refractivity contribution is 7.89. The van der Waals surface area contributed by atoms with E-state index >= 15 is 0 Å². The van der Waals surface area contributed by atoms with Gasteiger partial charge in [-0.1, -0.05) is 5.92 Å². The van der Waals surface area contributed by atoms with Crippen molar-refractivity contribution in [3.8, 4) is 12.3 Å². The average molecular weight is 396 g/mol. The second-order valence-corrected chi connectivity index (χ2v) is 8.43. The molecule has 1 aromatic rings. The lowest BCUT2D eigenvalue weighted by Gasteiger charge is -2.21. The summed E-state index contributed by atoms with van der Waals surface area (Å²) in [6.07, 6.45) is 5.12. The summed E-state index contributed by atoms with van der Waals surface area (Å²) in [5.41, 5.74) is -0.282. The molecule has 0 aliphatic heterocycles. The molecule has 0 fully saturated rings. The number of nitrogens with one attached hydrogen (secondary N) is 2. The molecular formula is C18H24N2O6S. The van der Waals surface area contributed by atoms with Crippen LogP contribution in [0.15, 0.2) is 29.2 Å². The number of hydrogen-bond acceptors (Lipinski definition) is 5. The third kappa shape index (κ3) is 7.78. The summed E-state index contributed by atoms with van der Waals surface area (Å²) in [7, 11) is -3.76. The van der Waals surface area contributed by atoms with Crippen molar-refractivity contribution in [1.82, 2.24) is 10.0 Å². The van der Waals surface area contributed by atoms with Gasteiger partial charge in [0.15, 0.2) is 0 Å². The highest BCUT2D eigenvalue weighted by Crippen LogP contribution is 2.12. The second-order valence-electron chi connectivity index (χ2n) is 6.67. The van der Waals surface area contributed by atoms with Gasteiger partial charge in [-0.3, -0.25) is 4.79 Å². The number of benzene rings is 1. The van der Waals surface area contributed by atoms with Crippen molar-refractivity contribution in [2.24, 2.45) is 0 Å². The van der Waals surface area contributed by atoms with Gasteiger partial charge in [-0.25, -0.2) is 13.2 Å². The van der Waals surface area contributed by atoms with Crippen LogP contribution in [0.2, 0.25) is 0 Å². The molecular weight excluding hydrogens is 372 g/mol. The summed E-state index contributed by atoms with van der Waals surface area (Å²) in [6.45, 7) is 5.54. The van der Waals surface area contributed by atoms with E-state index in [4.69, 9.17) is 11.2 Å². The molecule has 0 aliphatic carbocycles. The van der Waals surface area contributed by atoms with E-state index in [0.717, 1.165) is 0 Å². The van der Waals surface area contributed by atoms with Gasteiger partial charge in [-0.2, -0.15) is 4.72 Å². The number of carboxylic acid groups (broad SMARTS) is 1. The number of hydrogen-bond donors (Lipinski definition) is 3. The van der Waals surface area contributed by atoms with Gasteiger partial charge in [0, 0.05) is 18.6 Å². The second kappa shape index (κ2) is 9.50. The van der Waals surface area contributed by atoms with Crippen LogP contribution in [0, 0.1) is 12.3 Å². The van der Waals surface area contributed by atoms with E-state index in [9.17, 15) is 23.1 Å². The predicted molar refractivity (Wildman–Crippen MR) is 99.7 cm³/mol. The van der Waals surface area contributed by atoms with Crippen LogP contribution < -0.4 is 10.0 Å². The summed E-state index contributed by atoms with van der Waals surface area (Å²) < 4.78 is 31.6. The lowest BCUT2D eigenvalue weighted by Crippen LogP contribution is -2.42. The van der Waals surface area contributed by atoms with E-state index in [1.807, 2.05) is 20.8 Å². The molecule has 1 unspecified atom stereocenters. The van der Waals surface area contributed by atoms with Gasteiger partial charge in [0.05, 0.1) is 17.0 Å². The molecule has 148 valence electrons. The molecule has 0 bridgehead atoms. The Balaban J connectivity index is 2.77. The standard InChI is InChI=1S/C18H24N2O6S/c1-5-11-19-27(24,25)14-8-6-13(7-9-14)16(21)20-15(17(22)23)10-12-26-18(2,3)4/h1,6-9,15,19H,10-12H2,2-4H3,(H,20,21)(H,22,23). The summed E-state index contributed by atoms with van der Waals surface area (Å²) in [5.74, 6) is 0.353. The Labute approximate surface area is 159 Å². The van der Waals surface area contributed by atoms with Crippen LogP contribution in [0.25, 0.3) is 0 Å². The maximum atomic E-state index is 12.2. The number of carboxylic acids is 1. The van der Waals surface area contributed by atoms with Crippen molar-refractivity contribution >= 4 is 21.9 Å². The molecule has 9 heteroatoms. The highest BCUT2D eigenvalue weighted by atomic mass is 32.2. The summed E-state index contributed by atoms with van der Waals surface area (Å²) >= 11 is 0. The Morgan fingerprint density at radius 2 is 1.85 bits per heavy atom. The third-order valence-corrected chi connectivity index (χ3v) is 4.75. The minimum atomic E-state index is -3.76. The van der Waals surface area contributed by atoms with E-state index in [0.29, 0.717) is 0 Å². The van der Waals surface area contributed by atoms with Crippen LogP contribution in [-0.4, -0.2) is 50.2 Å². The lowest BCUT2D eigenvalue weighted by molar-refractivity contribution is -0.140. The largest absolute Gasteiger partial charge is 0.480 e. The molecule has 0 aliphatic rings. The first-order valence-corrected chi connectivity index (χ1v) is 9.65. The fraction of sp³-hybridized carbons (Fsp3) is 0.444. The first kappa shape index (κ1) is 22.6. The molecule has 0 saturated carbocycles. The van der Waals surface area contributed by atoms with Crippen molar-refractivity contribution in [3.05, 3.63) is 29.8 Å². The average Bonchev–Trinajstić information content (AvgIpc) is 2.58. The number of ether oxygens (including phenoxy) is 1. The predicted octanol–water partition coefficient (Wildman–Crippen LogP) is 0.986. The number of carbonyl (C=O) groups excluding carboxylic acids is 1. The van der Waals surface area contributed by atoms with E-state index in [2.05, 4.69) is 16.0 Å². The Kier molecular flexibility index (Phi) is 7.97. The number of sulfonamides is 1. The van der Waals surface area contributed by atoms with Gasteiger partial charge in [0.2, 0.25) is 10.0 Å². The minimum Gasteiger partial charge on any atom is -0.480 e. The topological polar surface area (TPSA) is 122 Å². The number of terminal acetylenes is 1. The summed E-state index contributed by atoms with van der Waals surface area (Å²) in [6, 6.07) is 3.95. The minimum absolute atomic E-state index is 0.0531. The lowest BCUT2D eigenvalue weighted by atomic mass is 10.1. The first-order chi connectivity index (χ1) is 12.5. The normalized spacial score (nSPS) is 12.8. The zero-order valence-electron chi connectivity index (χ0n) is 15.5. The molecule has 0 aromatic heterocycles. The Bertz CT molecular complexity index is 804. The zero-order valence-corrected chi connectivity index (χ0v) is 16.3. The third-order valence-electron chi connectivity index (χ3n) is 3.34. The van der Waals surface area contributed by atoms with Crippen LogP contribution in [0.5, 0.6) is 0 Å². The number of aliphatic carboxylic acids is 1. The SMILES string of the molecule is C#CCNS(=O)(=O)c1ccc(C(=O)NC(CCOC(C)(C)C)C(=O)O)cc1. The van der Waals surface area contributed by atoms with E-state index < -0.39 is 33.5 Å². The van der Waals surface area contributed by atoms with Crippen LogP contribution >= 0.6 is 0 Å². The summed E-state index contributed by atoms with van der Waals surface area (Å²) in [5, 5.41) is 11.7. The van der Waals surface area contributed by atoms with Crippen molar-refractivity contribution < 1.29 is 27.9 Å². The van der Waals surface area contributed by atoms with Gasteiger partial charge in [0.1, 0.15) is 6.04 Å². The molecule has 8 nitrogen and oxygen atoms in total. The van der Waals surface area contributed by atoms with Gasteiger partial charge >= 0.3 is 5.97 Å². The molecule has 0 saturated heterocycles. The van der Waals surface area contributed by atoms with Crippen LogP contribution in [-0.2, 0) is 19.6 Å². The van der Waals surface area contributed by atoms with E-state index in [-0.39, 0.29) is 30.0 Å². The maximum absolute atomic E-state index is 12.2. The molecule has 1 atom stereocenters. The number of amides is 1. The fourth-order valence-corrected chi connectivity index (χ4v) is 2.92. The van der Waals surface area contributed by atoms with Crippen molar-refractivity contribution in [3.63, 3.8) is 0 Å². The molecule has 1 aromatic carbocycles. The maximum Gasteiger partial charge on any atom is 0.326 e. The Morgan fingerprint density at radius 1 is 1.26 bits per heavy atom. The first-order valence-electron chi connectivity index (χ1n) is 8.17. The van der Waals surface area contributed by atoms with Gasteiger partial charge in [-0.05, 0) is 45.0 Å². The number of carbonyl (C=O) groups is 2. The highest BCUT2D eigenvalue weighted by Gasteiger charge is 2.22. The molecule has 0 heterocycles. The molecule has 0 spiro atoms. The van der Waals surface area contributed by atoms with Crippen LogP contribution in [0.3, 0.4) is 0 Å². The Morgan fingerprint density at radius 3 is 2.33 bits per heavy atom. The molecule has 1 amide bonds. The fourth-order valence-electron chi connectivity index (χ4n) is 1.99.